The molecule has 0 saturated carbocycles. The first-order valence-electron chi connectivity index (χ1n) is 21.1. The largest absolute Gasteiger partial charge is 0.481 e. The van der Waals surface area contributed by atoms with Crippen LogP contribution >= 0.6 is 0 Å². The molecule has 50 heavy (non-hydrogen) atoms. The first kappa shape index (κ1) is 50.0. The van der Waals surface area contributed by atoms with E-state index >= 15 is 0 Å². The third-order valence-corrected chi connectivity index (χ3v) is 9.39. The molecule has 0 aromatic heterocycles. The van der Waals surface area contributed by atoms with Gasteiger partial charge in [0.25, 0.3) is 0 Å². The molecule has 0 rings (SSSR count). The Hall–Kier alpha value is -2.09. The molecule has 0 aliphatic rings. The number of allylic oxidation sites excluding steroid dienone is 12. The van der Waals surface area contributed by atoms with Crippen molar-refractivity contribution in [2.75, 3.05) is 0 Å². The molecule has 1 N–H and O–H groups in total. The predicted molar refractivity (Wildman–Crippen MR) is 227 cm³/mol. The van der Waals surface area contributed by atoms with Crippen molar-refractivity contribution in [3.63, 3.8) is 0 Å². The number of hydrogen-bond donors (Lipinski definition) is 1. The first-order chi connectivity index (χ1) is 24.0. The van der Waals surface area contributed by atoms with Gasteiger partial charge in [0.1, 0.15) is 0 Å². The van der Waals surface area contributed by atoms with Crippen LogP contribution in [-0.4, -0.2) is 11.1 Å². The summed E-state index contributed by atoms with van der Waals surface area (Å²) in [5, 5.41) is 8.52. The van der Waals surface area contributed by atoms with Crippen LogP contribution in [0.4, 0.5) is 0 Å². The maximum atomic E-state index is 10.3. The van der Waals surface area contributed by atoms with E-state index in [2.05, 4.69) is 98.8 Å². The maximum Gasteiger partial charge on any atom is 0.303 e. The molecule has 0 aromatic rings. The van der Waals surface area contributed by atoms with Gasteiger partial charge in [-0.05, 0) is 126 Å². The van der Waals surface area contributed by atoms with E-state index in [1.54, 1.807) is 0 Å². The summed E-state index contributed by atoms with van der Waals surface area (Å²) in [6.45, 7) is 20.1. The van der Waals surface area contributed by atoms with Crippen LogP contribution < -0.4 is 0 Å². The highest BCUT2D eigenvalue weighted by Gasteiger charge is 1.98. The molecule has 0 fully saturated rings. The summed E-state index contributed by atoms with van der Waals surface area (Å²) >= 11 is 0. The van der Waals surface area contributed by atoms with Gasteiger partial charge < -0.3 is 5.11 Å². The van der Waals surface area contributed by atoms with Crippen LogP contribution in [0.15, 0.2) is 69.9 Å². The molecule has 290 valence electrons. The highest BCUT2D eigenvalue weighted by atomic mass is 16.4. The van der Waals surface area contributed by atoms with E-state index in [9.17, 15) is 4.79 Å². The van der Waals surface area contributed by atoms with Crippen molar-refractivity contribution in [3.05, 3.63) is 69.9 Å². The number of hydrogen-bond acceptors (Lipinski definition) is 1. The molecule has 2 nitrogen and oxygen atoms in total. The van der Waals surface area contributed by atoms with Crippen LogP contribution in [0.2, 0.25) is 0 Å². The van der Waals surface area contributed by atoms with Crippen LogP contribution in [0.1, 0.15) is 229 Å². The lowest BCUT2D eigenvalue weighted by Crippen LogP contribution is -1.93. The summed E-state index contributed by atoms with van der Waals surface area (Å²) in [4.78, 5) is 10.3. The summed E-state index contributed by atoms with van der Waals surface area (Å²) in [6, 6.07) is 0. The van der Waals surface area contributed by atoms with E-state index in [-0.39, 0.29) is 0 Å². The zero-order chi connectivity index (χ0) is 37.7. The van der Waals surface area contributed by atoms with E-state index < -0.39 is 5.97 Å². The summed E-state index contributed by atoms with van der Waals surface area (Å²) in [5.74, 6) is -0.653. The highest BCUT2D eigenvalue weighted by Crippen LogP contribution is 2.16. The summed E-state index contributed by atoms with van der Waals surface area (Å²) in [7, 11) is 0. The summed E-state index contributed by atoms with van der Waals surface area (Å²) in [6.07, 6.45) is 46.4. The molecule has 0 spiro atoms. The Kier molecular flexibility index (Phi) is 38.2. The smallest absolute Gasteiger partial charge is 0.303 e. The quantitative estimate of drug-likeness (QED) is 0.0579. The van der Waals surface area contributed by atoms with Gasteiger partial charge in [-0.25, -0.2) is 0 Å². The van der Waals surface area contributed by atoms with E-state index in [4.69, 9.17) is 5.11 Å². The molecule has 0 aliphatic heterocycles. The van der Waals surface area contributed by atoms with Crippen LogP contribution in [0.25, 0.3) is 0 Å². The molecule has 0 saturated heterocycles. The normalized spacial score (nSPS) is 12.4. The van der Waals surface area contributed by atoms with E-state index in [0.717, 1.165) is 12.8 Å². The number of aliphatic carboxylic acids is 1. The van der Waals surface area contributed by atoms with E-state index in [1.165, 1.54) is 181 Å². The van der Waals surface area contributed by atoms with Gasteiger partial charge in [0.2, 0.25) is 0 Å². The standard InChI is InChI=1S/C30H50.C18H36O2/c1-25(2)15-11-19-29(7)23-13-21-27(5)17-9-10-18-28(6)22-14-24-30(8)20-12-16-26(3)4;1-2-3-4-5-6-7-8-9-10-11-12-13-14-15-16-17-18(19)20/h15-18,23-24H,9-14,19-22H2,1-8H3;2-17H2,1H3,(H,19,20)/b27-17+,28-18+,29-23+,30-24+;. The van der Waals surface area contributed by atoms with Gasteiger partial charge in [-0.3, -0.25) is 4.79 Å². The lowest BCUT2D eigenvalue weighted by Gasteiger charge is -2.03. The number of carboxylic acid groups (broad SMARTS) is 1. The Labute approximate surface area is 314 Å². The molecule has 0 radical (unpaired) electrons. The molecule has 0 aromatic carbocycles. The molecule has 0 bridgehead atoms. The Morgan fingerprint density at radius 1 is 0.360 bits per heavy atom. The van der Waals surface area contributed by atoms with Crippen molar-refractivity contribution in [1.29, 1.82) is 0 Å². The number of carboxylic acids is 1. The second-order valence-corrected chi connectivity index (χ2v) is 15.6. The Balaban J connectivity index is 0. The number of carbonyl (C=O) groups is 1. The Bertz CT molecular complexity index is 918. The van der Waals surface area contributed by atoms with Gasteiger partial charge >= 0.3 is 5.97 Å². The van der Waals surface area contributed by atoms with Gasteiger partial charge in [-0.2, -0.15) is 0 Å². The molecule has 0 atom stereocenters. The van der Waals surface area contributed by atoms with Crippen LogP contribution in [0, 0.1) is 0 Å². The molecular weight excluding hydrogens is 609 g/mol. The predicted octanol–water partition coefficient (Wildman–Crippen LogP) is 16.9. The van der Waals surface area contributed by atoms with Gasteiger partial charge in [0, 0.05) is 6.42 Å². The Morgan fingerprint density at radius 2 is 0.620 bits per heavy atom. The zero-order valence-electron chi connectivity index (χ0n) is 35.2. The molecule has 0 amide bonds. The second kappa shape index (κ2) is 38.1. The average Bonchev–Trinajstić information content (AvgIpc) is 3.04. The highest BCUT2D eigenvalue weighted by molar-refractivity contribution is 5.66. The van der Waals surface area contributed by atoms with Crippen molar-refractivity contribution >= 4 is 5.97 Å². The molecule has 2 heteroatoms. The van der Waals surface area contributed by atoms with Crippen molar-refractivity contribution in [1.82, 2.24) is 0 Å². The topological polar surface area (TPSA) is 37.3 Å². The summed E-state index contributed by atoms with van der Waals surface area (Å²) < 4.78 is 0. The van der Waals surface area contributed by atoms with Crippen LogP contribution in [0.5, 0.6) is 0 Å². The first-order valence-corrected chi connectivity index (χ1v) is 21.1. The maximum absolute atomic E-state index is 10.3. The van der Waals surface area contributed by atoms with Crippen LogP contribution in [0.3, 0.4) is 0 Å². The van der Waals surface area contributed by atoms with Gasteiger partial charge in [-0.15, -0.1) is 0 Å². The van der Waals surface area contributed by atoms with E-state index in [0.29, 0.717) is 6.42 Å². The van der Waals surface area contributed by atoms with E-state index in [1.807, 2.05) is 0 Å². The fraction of sp³-hybridized carbons (Fsp3) is 0.729. The van der Waals surface area contributed by atoms with Gasteiger partial charge in [0.15, 0.2) is 0 Å². The van der Waals surface area contributed by atoms with Crippen molar-refractivity contribution in [2.45, 2.75) is 229 Å². The fourth-order valence-electron chi connectivity index (χ4n) is 5.98. The van der Waals surface area contributed by atoms with Gasteiger partial charge in [0.05, 0.1) is 0 Å². The van der Waals surface area contributed by atoms with Crippen molar-refractivity contribution in [2.24, 2.45) is 0 Å². The molecule has 0 aliphatic carbocycles. The molecular formula is C48H86O2. The third kappa shape index (κ3) is 43.9. The van der Waals surface area contributed by atoms with Gasteiger partial charge in [-0.1, -0.05) is 167 Å². The minimum Gasteiger partial charge on any atom is -0.481 e. The fourth-order valence-corrected chi connectivity index (χ4v) is 5.98. The summed E-state index contributed by atoms with van der Waals surface area (Å²) in [5.41, 5.74) is 8.97. The monoisotopic (exact) mass is 695 g/mol. The second-order valence-electron chi connectivity index (χ2n) is 15.6. The minimum absolute atomic E-state index is 0.345. The minimum atomic E-state index is -0.653. The zero-order valence-corrected chi connectivity index (χ0v) is 35.2. The molecule has 0 heterocycles. The number of unbranched alkanes of at least 4 members (excludes halogenated alkanes) is 15. The SMILES string of the molecule is CC(C)=CCC/C(C)=C/CC/C(C)=C/CC/C=C(\C)CC/C=C(\C)CCC=C(C)C.CCCCCCCCCCCCCCCCCC(=O)O. The van der Waals surface area contributed by atoms with Crippen molar-refractivity contribution < 1.29 is 9.90 Å². The lowest BCUT2D eigenvalue weighted by atomic mass is 10.0. The Morgan fingerprint density at radius 3 is 0.900 bits per heavy atom. The lowest BCUT2D eigenvalue weighted by molar-refractivity contribution is -0.137. The van der Waals surface area contributed by atoms with Crippen molar-refractivity contribution in [3.8, 4) is 0 Å². The molecule has 0 unspecified atom stereocenters. The van der Waals surface area contributed by atoms with Crippen LogP contribution in [-0.2, 0) is 4.79 Å². The average molecular weight is 695 g/mol. The third-order valence-electron chi connectivity index (χ3n) is 9.39. The number of rotatable bonds is 31.